The lowest BCUT2D eigenvalue weighted by Gasteiger charge is -2.13. The fraction of sp³-hybridized carbons (Fsp3) is 0.500. The smallest absolute Gasteiger partial charge is 0.0683 e. The van der Waals surface area contributed by atoms with Crippen molar-refractivity contribution >= 4 is 17.4 Å². The molecule has 0 heterocycles. The first-order valence-electron chi connectivity index (χ1n) is 5.93. The zero-order valence-electron chi connectivity index (χ0n) is 10.6. The lowest BCUT2D eigenvalue weighted by Crippen LogP contribution is -2.07. The molecule has 0 bridgehead atoms. The molecule has 0 aromatic heterocycles. The first kappa shape index (κ1) is 13.9. The number of nitrogens with two attached hydrogens (primary N) is 1. The van der Waals surface area contributed by atoms with Gasteiger partial charge < -0.3 is 5.73 Å². The van der Waals surface area contributed by atoms with Gasteiger partial charge in [0.2, 0.25) is 0 Å². The number of unbranched alkanes of at least 4 members (excludes halogenated alkanes) is 1. The highest BCUT2D eigenvalue weighted by Crippen LogP contribution is 2.24. The van der Waals surface area contributed by atoms with Gasteiger partial charge in [0.15, 0.2) is 0 Å². The zero-order valence-corrected chi connectivity index (χ0v) is 11.4. The largest absolute Gasteiger partial charge is 0.399 e. The molecule has 0 aliphatic rings. The lowest BCUT2D eigenvalue weighted by molar-refractivity contribution is 0.433. The molecule has 0 aliphatic heterocycles. The van der Waals surface area contributed by atoms with Crippen molar-refractivity contribution in [2.45, 2.75) is 38.0 Å². The van der Waals surface area contributed by atoms with E-state index < -0.39 is 0 Å². The molecule has 2 nitrogen and oxygen atoms in total. The topological polar surface area (TPSA) is 49.8 Å². The Morgan fingerprint density at radius 3 is 2.47 bits per heavy atom. The minimum atomic E-state index is -0.175. The van der Waals surface area contributed by atoms with Crippen LogP contribution in [-0.4, -0.2) is 5.75 Å². The van der Waals surface area contributed by atoms with Gasteiger partial charge in [0.1, 0.15) is 0 Å². The number of rotatable bonds is 6. The van der Waals surface area contributed by atoms with Crippen LogP contribution in [0.4, 0.5) is 5.69 Å². The van der Waals surface area contributed by atoms with Gasteiger partial charge in [0.05, 0.1) is 11.5 Å². The average Bonchev–Trinajstić information content (AvgIpc) is 2.31. The van der Waals surface area contributed by atoms with E-state index in [1.54, 1.807) is 0 Å². The third kappa shape index (κ3) is 5.65. The average molecular weight is 248 g/mol. The van der Waals surface area contributed by atoms with Crippen molar-refractivity contribution in [3.63, 3.8) is 0 Å². The van der Waals surface area contributed by atoms with Crippen LogP contribution in [0.1, 0.15) is 33.1 Å². The van der Waals surface area contributed by atoms with Crippen molar-refractivity contribution in [1.29, 1.82) is 5.26 Å². The summed E-state index contributed by atoms with van der Waals surface area (Å²) in [7, 11) is 0. The summed E-state index contributed by atoms with van der Waals surface area (Å²) in [5, 5.41) is 8.89. The molecule has 0 aliphatic carbocycles. The summed E-state index contributed by atoms with van der Waals surface area (Å²) in [5.41, 5.74) is 6.26. The Kier molecular flexibility index (Phi) is 5.37. The maximum atomic E-state index is 8.89. The zero-order chi connectivity index (χ0) is 12.7. The van der Waals surface area contributed by atoms with Gasteiger partial charge in [-0.2, -0.15) is 5.26 Å². The number of nitrogen functional groups attached to an aromatic ring is 1. The van der Waals surface area contributed by atoms with Crippen LogP contribution in [0.3, 0.4) is 0 Å². The number of anilines is 1. The molecular weight excluding hydrogens is 228 g/mol. The first-order valence-corrected chi connectivity index (χ1v) is 6.92. The molecule has 3 heteroatoms. The maximum absolute atomic E-state index is 8.89. The number of nitrogens with zero attached hydrogens (tertiary/aromatic N) is 1. The third-order valence-corrected chi connectivity index (χ3v) is 3.75. The Morgan fingerprint density at radius 1 is 1.24 bits per heavy atom. The molecule has 0 atom stereocenters. The van der Waals surface area contributed by atoms with Crippen molar-refractivity contribution in [1.82, 2.24) is 0 Å². The summed E-state index contributed by atoms with van der Waals surface area (Å²) in [6.07, 6.45) is 3.24. The highest BCUT2D eigenvalue weighted by atomic mass is 32.2. The molecule has 0 spiro atoms. The predicted molar refractivity (Wildman–Crippen MR) is 74.8 cm³/mol. The maximum Gasteiger partial charge on any atom is 0.0683 e. The van der Waals surface area contributed by atoms with E-state index in [0.717, 1.165) is 30.7 Å². The van der Waals surface area contributed by atoms with Crippen LogP contribution in [0.5, 0.6) is 0 Å². The fourth-order valence-corrected chi connectivity index (χ4v) is 2.39. The van der Waals surface area contributed by atoms with E-state index >= 15 is 0 Å². The minimum absolute atomic E-state index is 0.175. The van der Waals surface area contributed by atoms with Crippen molar-refractivity contribution in [2.24, 2.45) is 5.41 Å². The molecule has 1 aromatic rings. The third-order valence-electron chi connectivity index (χ3n) is 2.65. The Hall–Kier alpha value is -1.14. The SMILES string of the molecule is CC(C)(C#N)CCCCSc1ccc(N)cc1. The van der Waals surface area contributed by atoms with Crippen LogP contribution in [0.25, 0.3) is 0 Å². The molecule has 0 saturated carbocycles. The summed E-state index contributed by atoms with van der Waals surface area (Å²) >= 11 is 1.85. The Bertz CT molecular complexity index is 376. The second-order valence-corrected chi connectivity index (χ2v) is 6.04. The summed E-state index contributed by atoms with van der Waals surface area (Å²) < 4.78 is 0. The number of benzene rings is 1. The van der Waals surface area contributed by atoms with E-state index in [9.17, 15) is 0 Å². The molecule has 0 amide bonds. The highest BCUT2D eigenvalue weighted by molar-refractivity contribution is 7.99. The van der Waals surface area contributed by atoms with Gasteiger partial charge in [-0.3, -0.25) is 0 Å². The van der Waals surface area contributed by atoms with Crippen LogP contribution < -0.4 is 5.73 Å². The standard InChI is InChI=1S/C14H20N2S/c1-14(2,11-15)9-3-4-10-17-13-7-5-12(16)6-8-13/h5-8H,3-4,9-10,16H2,1-2H3. The van der Waals surface area contributed by atoms with Crippen molar-refractivity contribution in [3.8, 4) is 6.07 Å². The van der Waals surface area contributed by atoms with Gasteiger partial charge in [0, 0.05) is 10.6 Å². The Morgan fingerprint density at radius 2 is 1.88 bits per heavy atom. The monoisotopic (exact) mass is 248 g/mol. The van der Waals surface area contributed by atoms with Crippen LogP contribution >= 0.6 is 11.8 Å². The molecule has 1 rings (SSSR count). The molecule has 1 aromatic carbocycles. The van der Waals surface area contributed by atoms with Gasteiger partial charge >= 0.3 is 0 Å². The van der Waals surface area contributed by atoms with Crippen molar-refractivity contribution < 1.29 is 0 Å². The number of hydrogen-bond donors (Lipinski definition) is 1. The second-order valence-electron chi connectivity index (χ2n) is 4.87. The van der Waals surface area contributed by atoms with E-state index in [1.807, 2.05) is 37.7 Å². The molecule has 0 radical (unpaired) electrons. The van der Waals surface area contributed by atoms with Crippen LogP contribution in [0, 0.1) is 16.7 Å². The van der Waals surface area contributed by atoms with Crippen molar-refractivity contribution in [3.05, 3.63) is 24.3 Å². The van der Waals surface area contributed by atoms with Gasteiger partial charge in [-0.1, -0.05) is 6.42 Å². The van der Waals surface area contributed by atoms with E-state index in [4.69, 9.17) is 11.0 Å². The number of hydrogen-bond acceptors (Lipinski definition) is 3. The summed E-state index contributed by atoms with van der Waals surface area (Å²) in [6.45, 7) is 4.00. The molecule has 2 N–H and O–H groups in total. The minimum Gasteiger partial charge on any atom is -0.399 e. The van der Waals surface area contributed by atoms with E-state index in [1.165, 1.54) is 4.90 Å². The molecule has 0 unspecified atom stereocenters. The highest BCUT2D eigenvalue weighted by Gasteiger charge is 2.15. The lowest BCUT2D eigenvalue weighted by atomic mass is 9.89. The van der Waals surface area contributed by atoms with Crippen LogP contribution in [0.15, 0.2) is 29.2 Å². The first-order chi connectivity index (χ1) is 8.03. The van der Waals surface area contributed by atoms with Crippen LogP contribution in [-0.2, 0) is 0 Å². The van der Waals surface area contributed by atoms with Crippen molar-refractivity contribution in [2.75, 3.05) is 11.5 Å². The Balaban J connectivity index is 2.17. The van der Waals surface area contributed by atoms with E-state index in [2.05, 4.69) is 18.2 Å². The summed E-state index contributed by atoms with van der Waals surface area (Å²) in [6, 6.07) is 10.3. The van der Waals surface area contributed by atoms with E-state index in [0.29, 0.717) is 0 Å². The number of nitriles is 1. The molecule has 92 valence electrons. The van der Waals surface area contributed by atoms with Gasteiger partial charge in [-0.05, 0) is 56.7 Å². The molecule has 17 heavy (non-hydrogen) atoms. The van der Waals surface area contributed by atoms with Gasteiger partial charge in [0.25, 0.3) is 0 Å². The van der Waals surface area contributed by atoms with Gasteiger partial charge in [-0.15, -0.1) is 11.8 Å². The molecule has 0 saturated heterocycles. The molecular formula is C14H20N2S. The molecule has 0 fully saturated rings. The quantitative estimate of drug-likeness (QED) is 0.469. The van der Waals surface area contributed by atoms with Crippen LogP contribution in [0.2, 0.25) is 0 Å². The summed E-state index contributed by atoms with van der Waals surface area (Å²) in [5.74, 6) is 1.10. The number of thioether (sulfide) groups is 1. The normalized spacial score (nSPS) is 11.1. The predicted octanol–water partition coefficient (Wildman–Crippen LogP) is 4.08. The second kappa shape index (κ2) is 6.56. The fourth-order valence-electron chi connectivity index (χ4n) is 1.48. The Labute approximate surface area is 108 Å². The van der Waals surface area contributed by atoms with E-state index in [-0.39, 0.29) is 5.41 Å². The summed E-state index contributed by atoms with van der Waals surface area (Å²) in [4.78, 5) is 1.26. The van der Waals surface area contributed by atoms with Gasteiger partial charge in [-0.25, -0.2) is 0 Å².